The summed E-state index contributed by atoms with van der Waals surface area (Å²) in [4.78, 5) is 21.8. The maximum absolute atomic E-state index is 11.5. The fourth-order valence-electron chi connectivity index (χ4n) is 2.23. The molecule has 2 N–H and O–H groups in total. The minimum Gasteiger partial charge on any atom is -0.481 e. The average Bonchev–Trinajstić information content (AvgIpc) is 2.29. The summed E-state index contributed by atoms with van der Waals surface area (Å²) in [6, 6.07) is 0. The predicted octanol–water partition coefficient (Wildman–Crippen LogP) is 3.17. The fourth-order valence-corrected chi connectivity index (χ4v) is 2.23. The number of aliphatic hydroxyl groups excluding tert-OH is 1. The molecule has 0 aliphatic heterocycles. The van der Waals surface area contributed by atoms with E-state index in [1.54, 1.807) is 13.8 Å². The van der Waals surface area contributed by atoms with Crippen molar-refractivity contribution in [2.24, 2.45) is 5.92 Å². The Labute approximate surface area is 116 Å². The lowest BCUT2D eigenvalue weighted by Gasteiger charge is -2.14. The van der Waals surface area contributed by atoms with Crippen LogP contribution in [-0.4, -0.2) is 28.1 Å². The zero-order valence-electron chi connectivity index (χ0n) is 12.2. The van der Waals surface area contributed by atoms with Crippen LogP contribution in [0, 0.1) is 5.92 Å². The lowest BCUT2D eigenvalue weighted by Crippen LogP contribution is -2.12. The summed E-state index contributed by atoms with van der Waals surface area (Å²) >= 11 is 0. The van der Waals surface area contributed by atoms with Gasteiger partial charge in [-0.2, -0.15) is 0 Å². The molecular formula is C15H28O4. The van der Waals surface area contributed by atoms with E-state index in [9.17, 15) is 14.7 Å². The molecule has 19 heavy (non-hydrogen) atoms. The molecular weight excluding hydrogens is 244 g/mol. The second-order valence-corrected chi connectivity index (χ2v) is 5.43. The summed E-state index contributed by atoms with van der Waals surface area (Å²) in [7, 11) is 0. The van der Waals surface area contributed by atoms with Crippen molar-refractivity contribution in [2.45, 2.75) is 77.7 Å². The van der Waals surface area contributed by atoms with Gasteiger partial charge in [-0.3, -0.25) is 9.59 Å². The number of carboxylic acid groups (broad SMARTS) is 1. The van der Waals surface area contributed by atoms with Crippen molar-refractivity contribution in [3.8, 4) is 0 Å². The van der Waals surface area contributed by atoms with Gasteiger partial charge in [0.15, 0.2) is 0 Å². The maximum atomic E-state index is 11.5. The monoisotopic (exact) mass is 272 g/mol. The molecule has 4 heteroatoms. The van der Waals surface area contributed by atoms with Crippen molar-refractivity contribution in [2.75, 3.05) is 0 Å². The minimum absolute atomic E-state index is 0.109. The molecule has 0 aromatic heterocycles. The summed E-state index contributed by atoms with van der Waals surface area (Å²) in [5, 5.41) is 17.7. The van der Waals surface area contributed by atoms with Crippen LogP contribution in [0.15, 0.2) is 0 Å². The van der Waals surface area contributed by atoms with Crippen LogP contribution < -0.4 is 0 Å². The number of hydrogen-bond donors (Lipinski definition) is 2. The Balaban J connectivity index is 3.65. The first-order chi connectivity index (χ1) is 8.93. The van der Waals surface area contributed by atoms with Crippen molar-refractivity contribution >= 4 is 11.8 Å². The third-order valence-corrected chi connectivity index (χ3v) is 3.44. The molecule has 0 aromatic rings. The Morgan fingerprint density at radius 3 is 2.05 bits per heavy atom. The molecule has 0 unspecified atom stereocenters. The highest BCUT2D eigenvalue weighted by Crippen LogP contribution is 2.19. The van der Waals surface area contributed by atoms with E-state index in [4.69, 9.17) is 5.11 Å². The molecule has 0 spiro atoms. The predicted molar refractivity (Wildman–Crippen MR) is 75.0 cm³/mol. The van der Waals surface area contributed by atoms with E-state index in [2.05, 4.69) is 0 Å². The number of carbonyl (C=O) groups is 2. The number of ketones is 1. The van der Waals surface area contributed by atoms with Gasteiger partial charge in [-0.1, -0.05) is 25.7 Å². The second kappa shape index (κ2) is 11.0. The molecule has 0 heterocycles. The Hall–Kier alpha value is -0.900. The highest BCUT2D eigenvalue weighted by atomic mass is 16.4. The topological polar surface area (TPSA) is 74.6 Å². The zero-order valence-corrected chi connectivity index (χ0v) is 12.2. The Morgan fingerprint density at radius 1 is 0.947 bits per heavy atom. The van der Waals surface area contributed by atoms with Crippen LogP contribution in [-0.2, 0) is 9.59 Å². The van der Waals surface area contributed by atoms with E-state index >= 15 is 0 Å². The number of unbranched alkanes of at least 4 members (excludes halogenated alkanes) is 3. The third kappa shape index (κ3) is 11.9. The average molecular weight is 272 g/mol. The van der Waals surface area contributed by atoms with Gasteiger partial charge in [0, 0.05) is 12.3 Å². The van der Waals surface area contributed by atoms with Crippen LogP contribution in [0.3, 0.4) is 0 Å². The first kappa shape index (κ1) is 18.1. The molecule has 0 radical (unpaired) electrons. The number of rotatable bonds is 12. The lowest BCUT2D eigenvalue weighted by molar-refractivity contribution is -0.137. The first-order valence-electron chi connectivity index (χ1n) is 7.33. The van der Waals surface area contributed by atoms with E-state index < -0.39 is 5.97 Å². The summed E-state index contributed by atoms with van der Waals surface area (Å²) in [5.41, 5.74) is 0. The van der Waals surface area contributed by atoms with E-state index in [-0.39, 0.29) is 24.2 Å². The van der Waals surface area contributed by atoms with E-state index in [1.165, 1.54) is 0 Å². The summed E-state index contributed by atoms with van der Waals surface area (Å²) in [5.74, 6) is -0.394. The third-order valence-electron chi connectivity index (χ3n) is 3.44. The van der Waals surface area contributed by atoms with Gasteiger partial charge in [-0.15, -0.1) is 0 Å². The molecule has 0 rings (SSSR count). The van der Waals surface area contributed by atoms with Gasteiger partial charge >= 0.3 is 5.97 Å². The number of Topliss-reactive ketones (excluding diaryl/α,β-unsaturated/α-hetero) is 1. The number of aliphatic hydroxyl groups is 1. The highest BCUT2D eigenvalue weighted by molar-refractivity contribution is 5.78. The van der Waals surface area contributed by atoms with Crippen molar-refractivity contribution in [1.29, 1.82) is 0 Å². The number of aliphatic carboxylic acids is 1. The summed E-state index contributed by atoms with van der Waals surface area (Å²) in [6.07, 6.45) is 6.97. The van der Waals surface area contributed by atoms with Crippen molar-refractivity contribution < 1.29 is 19.8 Å². The maximum Gasteiger partial charge on any atom is 0.303 e. The fraction of sp³-hybridized carbons (Fsp3) is 0.867. The van der Waals surface area contributed by atoms with Gasteiger partial charge in [0.25, 0.3) is 0 Å². The second-order valence-electron chi connectivity index (χ2n) is 5.43. The molecule has 0 bridgehead atoms. The van der Waals surface area contributed by atoms with Crippen LogP contribution in [0.2, 0.25) is 0 Å². The molecule has 112 valence electrons. The van der Waals surface area contributed by atoms with E-state index in [0.717, 1.165) is 51.4 Å². The molecule has 0 saturated heterocycles. The van der Waals surface area contributed by atoms with Crippen molar-refractivity contribution in [1.82, 2.24) is 0 Å². The number of carbonyl (C=O) groups excluding carboxylic acids is 1. The lowest BCUT2D eigenvalue weighted by atomic mass is 9.91. The smallest absolute Gasteiger partial charge is 0.303 e. The molecule has 0 aromatic carbocycles. The molecule has 4 nitrogen and oxygen atoms in total. The quantitative estimate of drug-likeness (QED) is 0.535. The highest BCUT2D eigenvalue weighted by Gasteiger charge is 2.13. The van der Waals surface area contributed by atoms with Gasteiger partial charge in [0.05, 0.1) is 6.10 Å². The summed E-state index contributed by atoms with van der Waals surface area (Å²) in [6.45, 7) is 3.41. The largest absolute Gasteiger partial charge is 0.481 e. The van der Waals surface area contributed by atoms with Crippen molar-refractivity contribution in [3.05, 3.63) is 0 Å². The molecule has 0 amide bonds. The van der Waals surface area contributed by atoms with Crippen LogP contribution in [0.1, 0.15) is 71.6 Å². The van der Waals surface area contributed by atoms with Gasteiger partial charge in [0.2, 0.25) is 0 Å². The molecule has 0 aliphatic rings. The normalized spacial score (nSPS) is 14.1. The van der Waals surface area contributed by atoms with Crippen LogP contribution in [0.5, 0.6) is 0 Å². The Morgan fingerprint density at radius 2 is 1.53 bits per heavy atom. The van der Waals surface area contributed by atoms with Gasteiger partial charge in [-0.05, 0) is 39.5 Å². The van der Waals surface area contributed by atoms with Gasteiger partial charge in [-0.25, -0.2) is 0 Å². The zero-order chi connectivity index (χ0) is 14.7. The Bertz CT molecular complexity index is 261. The standard InChI is InChI=1S/C15H28O4/c1-12(16)8-7-10-14(13(2)17)9-5-3-4-6-11-15(18)19/h12,14,16H,3-11H2,1-2H3,(H,18,19)/t12-,14-/m1/s1. The minimum atomic E-state index is -0.736. The van der Waals surface area contributed by atoms with E-state index in [1.807, 2.05) is 0 Å². The molecule has 0 saturated carbocycles. The van der Waals surface area contributed by atoms with Crippen LogP contribution >= 0.6 is 0 Å². The molecule has 0 aliphatic carbocycles. The van der Waals surface area contributed by atoms with Crippen LogP contribution in [0.4, 0.5) is 0 Å². The first-order valence-corrected chi connectivity index (χ1v) is 7.33. The molecule has 0 fully saturated rings. The molecule has 2 atom stereocenters. The Kier molecular flexibility index (Phi) is 10.5. The summed E-state index contributed by atoms with van der Waals surface area (Å²) < 4.78 is 0. The van der Waals surface area contributed by atoms with Gasteiger partial charge in [0.1, 0.15) is 5.78 Å². The number of carboxylic acids is 1. The van der Waals surface area contributed by atoms with Crippen LogP contribution in [0.25, 0.3) is 0 Å². The van der Waals surface area contributed by atoms with E-state index in [0.29, 0.717) is 0 Å². The number of hydrogen-bond acceptors (Lipinski definition) is 3. The van der Waals surface area contributed by atoms with Gasteiger partial charge < -0.3 is 10.2 Å². The van der Waals surface area contributed by atoms with Crippen molar-refractivity contribution in [3.63, 3.8) is 0 Å². The SMILES string of the molecule is CC(=O)[C@H](CCCCCCC(=O)O)CCC[C@@H](C)O.